The second kappa shape index (κ2) is 7.29. The van der Waals surface area contributed by atoms with Crippen LogP contribution in [0, 0.1) is 0 Å². The lowest BCUT2D eigenvalue weighted by atomic mass is 10.0. The quantitative estimate of drug-likeness (QED) is 0.847. The molecule has 0 bridgehead atoms. The molecule has 0 fully saturated rings. The van der Waals surface area contributed by atoms with E-state index in [-0.39, 0.29) is 19.0 Å². The van der Waals surface area contributed by atoms with Crippen LogP contribution in [0.4, 0.5) is 4.79 Å². The Morgan fingerprint density at radius 1 is 1.05 bits per heavy atom. The summed E-state index contributed by atoms with van der Waals surface area (Å²) in [5.41, 5.74) is -0.391. The van der Waals surface area contributed by atoms with Gasteiger partial charge in [0.1, 0.15) is 12.2 Å². The molecule has 0 unspecified atom stereocenters. The van der Waals surface area contributed by atoms with Gasteiger partial charge in [-0.1, -0.05) is 30.3 Å². The van der Waals surface area contributed by atoms with E-state index in [0.29, 0.717) is 0 Å². The topological polar surface area (TPSA) is 64.6 Å². The fraction of sp³-hybridized carbons (Fsp3) is 0.529. The molecular formula is C17H25NO4. The molecule has 0 aliphatic heterocycles. The van der Waals surface area contributed by atoms with Gasteiger partial charge in [-0.15, -0.1) is 0 Å². The molecule has 122 valence electrons. The third kappa shape index (κ3) is 7.67. The fourth-order valence-corrected chi connectivity index (χ4v) is 1.77. The van der Waals surface area contributed by atoms with Gasteiger partial charge in [0.15, 0.2) is 0 Å². The van der Waals surface area contributed by atoms with Crippen molar-refractivity contribution in [1.82, 2.24) is 5.32 Å². The molecule has 1 aromatic rings. The summed E-state index contributed by atoms with van der Waals surface area (Å²) in [6, 6.07) is 9.45. The van der Waals surface area contributed by atoms with Crippen LogP contribution in [0.25, 0.3) is 0 Å². The van der Waals surface area contributed by atoms with Crippen molar-refractivity contribution < 1.29 is 19.1 Å². The molecule has 0 aromatic heterocycles. The number of ether oxygens (including phenoxy) is 2. The number of hydrogen-bond acceptors (Lipinski definition) is 4. The van der Waals surface area contributed by atoms with Crippen molar-refractivity contribution >= 4 is 12.1 Å². The van der Waals surface area contributed by atoms with E-state index in [2.05, 4.69) is 5.32 Å². The first-order chi connectivity index (χ1) is 10.1. The molecule has 0 heterocycles. The maximum atomic E-state index is 11.9. The van der Waals surface area contributed by atoms with Crippen molar-refractivity contribution in [3.8, 4) is 0 Å². The van der Waals surface area contributed by atoms with E-state index >= 15 is 0 Å². The van der Waals surface area contributed by atoms with Crippen LogP contribution < -0.4 is 5.32 Å². The fourth-order valence-electron chi connectivity index (χ4n) is 1.77. The molecule has 0 saturated heterocycles. The minimum atomic E-state index is -0.740. The van der Waals surface area contributed by atoms with E-state index in [1.807, 2.05) is 30.3 Å². The van der Waals surface area contributed by atoms with Crippen molar-refractivity contribution in [1.29, 1.82) is 0 Å². The Labute approximate surface area is 132 Å². The van der Waals surface area contributed by atoms with Gasteiger partial charge >= 0.3 is 12.1 Å². The summed E-state index contributed by atoms with van der Waals surface area (Å²) in [6.07, 6.45) is -0.479. The van der Waals surface area contributed by atoms with Gasteiger partial charge in [0.05, 0.1) is 6.42 Å². The summed E-state index contributed by atoms with van der Waals surface area (Å²) >= 11 is 0. The minimum Gasteiger partial charge on any atom is -0.461 e. The number of carbonyl (C=O) groups is 2. The van der Waals surface area contributed by atoms with Crippen molar-refractivity contribution in [2.75, 3.05) is 0 Å². The number of hydrogen-bond donors (Lipinski definition) is 1. The second-order valence-electron chi connectivity index (χ2n) is 6.83. The number of nitrogens with one attached hydrogen (secondary N) is 1. The summed E-state index contributed by atoms with van der Waals surface area (Å²) in [5, 5.41) is 2.68. The predicted octanol–water partition coefficient (Wildman–Crippen LogP) is 3.42. The zero-order valence-electron chi connectivity index (χ0n) is 13.9. The van der Waals surface area contributed by atoms with Gasteiger partial charge in [-0.3, -0.25) is 4.79 Å². The maximum absolute atomic E-state index is 11.9. The molecule has 22 heavy (non-hydrogen) atoms. The lowest BCUT2D eigenvalue weighted by molar-refractivity contribution is -0.146. The monoisotopic (exact) mass is 307 g/mol. The molecule has 0 atom stereocenters. The molecule has 0 aliphatic carbocycles. The van der Waals surface area contributed by atoms with Crippen molar-refractivity contribution in [2.24, 2.45) is 0 Å². The minimum absolute atomic E-state index is 0.0685. The number of alkyl carbamates (subject to hydrolysis) is 1. The highest BCUT2D eigenvalue weighted by Crippen LogP contribution is 2.13. The van der Waals surface area contributed by atoms with Gasteiger partial charge in [-0.25, -0.2) is 4.79 Å². The Morgan fingerprint density at radius 2 is 1.64 bits per heavy atom. The Bertz CT molecular complexity index is 503. The molecule has 1 rings (SSSR count). The van der Waals surface area contributed by atoms with Crippen LogP contribution in [-0.2, 0) is 20.9 Å². The van der Waals surface area contributed by atoms with Gasteiger partial charge in [0, 0.05) is 5.54 Å². The van der Waals surface area contributed by atoms with Crippen LogP contribution in [0.1, 0.15) is 46.6 Å². The zero-order chi connectivity index (χ0) is 16.8. The normalized spacial score (nSPS) is 11.7. The van der Waals surface area contributed by atoms with Crippen LogP contribution >= 0.6 is 0 Å². The average Bonchev–Trinajstić information content (AvgIpc) is 2.33. The van der Waals surface area contributed by atoms with Gasteiger partial charge < -0.3 is 14.8 Å². The molecule has 1 aromatic carbocycles. The van der Waals surface area contributed by atoms with E-state index in [4.69, 9.17) is 9.47 Å². The Hall–Kier alpha value is -2.04. The van der Waals surface area contributed by atoms with Crippen LogP contribution in [0.5, 0.6) is 0 Å². The summed E-state index contributed by atoms with van der Waals surface area (Å²) in [5.74, 6) is -0.370. The number of esters is 1. The first kappa shape index (κ1) is 18.0. The molecule has 1 N–H and O–H groups in total. The van der Waals surface area contributed by atoms with E-state index in [1.165, 1.54) is 0 Å². The summed E-state index contributed by atoms with van der Waals surface area (Å²) < 4.78 is 10.4. The largest absolute Gasteiger partial charge is 0.461 e. The van der Waals surface area contributed by atoms with E-state index in [0.717, 1.165) is 5.56 Å². The number of rotatable bonds is 5. The number of amides is 1. The summed E-state index contributed by atoms with van der Waals surface area (Å²) in [6.45, 7) is 9.08. The number of benzene rings is 1. The highest BCUT2D eigenvalue weighted by Gasteiger charge is 2.27. The van der Waals surface area contributed by atoms with Gasteiger partial charge in [-0.05, 0) is 40.2 Å². The third-order valence-electron chi connectivity index (χ3n) is 2.67. The highest BCUT2D eigenvalue weighted by atomic mass is 16.6. The SMILES string of the molecule is CC(C)(CC(=O)OCc1ccccc1)NC(=O)OC(C)(C)C. The van der Waals surface area contributed by atoms with E-state index < -0.39 is 17.2 Å². The molecule has 0 aliphatic rings. The van der Waals surface area contributed by atoms with E-state index in [9.17, 15) is 9.59 Å². The first-order valence-corrected chi connectivity index (χ1v) is 7.28. The summed E-state index contributed by atoms with van der Waals surface area (Å²) in [4.78, 5) is 23.6. The van der Waals surface area contributed by atoms with Gasteiger partial charge in [0.2, 0.25) is 0 Å². The predicted molar refractivity (Wildman–Crippen MR) is 84.3 cm³/mol. The number of carbonyl (C=O) groups excluding carboxylic acids is 2. The zero-order valence-corrected chi connectivity index (χ0v) is 13.9. The molecule has 1 amide bonds. The van der Waals surface area contributed by atoms with Crippen LogP contribution in [0.2, 0.25) is 0 Å². The third-order valence-corrected chi connectivity index (χ3v) is 2.67. The Morgan fingerprint density at radius 3 is 2.18 bits per heavy atom. The van der Waals surface area contributed by atoms with Crippen molar-refractivity contribution in [3.63, 3.8) is 0 Å². The smallest absolute Gasteiger partial charge is 0.408 e. The molecule has 5 nitrogen and oxygen atoms in total. The van der Waals surface area contributed by atoms with Gasteiger partial charge in [0.25, 0.3) is 0 Å². The standard InChI is InChI=1S/C17H25NO4/c1-16(2,3)22-15(20)18-17(4,5)11-14(19)21-12-13-9-7-6-8-10-13/h6-10H,11-12H2,1-5H3,(H,18,20). The molecule has 0 spiro atoms. The lowest BCUT2D eigenvalue weighted by Gasteiger charge is -2.27. The van der Waals surface area contributed by atoms with Crippen molar-refractivity contribution in [2.45, 2.75) is 58.8 Å². The lowest BCUT2D eigenvalue weighted by Crippen LogP contribution is -2.47. The maximum Gasteiger partial charge on any atom is 0.408 e. The average molecular weight is 307 g/mol. The second-order valence-corrected chi connectivity index (χ2v) is 6.83. The Balaban J connectivity index is 2.43. The van der Waals surface area contributed by atoms with Crippen LogP contribution in [0.3, 0.4) is 0 Å². The van der Waals surface area contributed by atoms with Crippen LogP contribution in [-0.4, -0.2) is 23.2 Å². The molecule has 0 saturated carbocycles. The molecule has 0 radical (unpaired) electrons. The Kier molecular flexibility index (Phi) is 5.97. The highest BCUT2D eigenvalue weighted by molar-refractivity contribution is 5.74. The van der Waals surface area contributed by atoms with Crippen molar-refractivity contribution in [3.05, 3.63) is 35.9 Å². The van der Waals surface area contributed by atoms with Gasteiger partial charge in [-0.2, -0.15) is 0 Å². The van der Waals surface area contributed by atoms with E-state index in [1.54, 1.807) is 34.6 Å². The molecule has 5 heteroatoms. The first-order valence-electron chi connectivity index (χ1n) is 7.28. The molecular weight excluding hydrogens is 282 g/mol. The van der Waals surface area contributed by atoms with Crippen LogP contribution in [0.15, 0.2) is 30.3 Å². The summed E-state index contributed by atoms with van der Waals surface area (Å²) in [7, 11) is 0.